The van der Waals surface area contributed by atoms with E-state index in [2.05, 4.69) is 10.3 Å². The third kappa shape index (κ3) is 2.08. The van der Waals surface area contributed by atoms with Crippen LogP contribution in [0.15, 0.2) is 12.1 Å². The number of rotatable bonds is 1. The van der Waals surface area contributed by atoms with Crippen LogP contribution >= 0.6 is 0 Å². The van der Waals surface area contributed by atoms with Crippen LogP contribution in [0.5, 0.6) is 0 Å². The van der Waals surface area contributed by atoms with Gasteiger partial charge in [0, 0.05) is 17.7 Å². The molecule has 0 spiro atoms. The van der Waals surface area contributed by atoms with Crippen molar-refractivity contribution < 1.29 is 8.78 Å². The third-order valence-corrected chi connectivity index (χ3v) is 2.56. The Hall–Kier alpha value is -1.19. The minimum absolute atomic E-state index is 0.208. The fourth-order valence-corrected chi connectivity index (χ4v) is 1.67. The Bertz CT molecular complexity index is 375. The molecule has 0 bridgehead atoms. The van der Waals surface area contributed by atoms with Gasteiger partial charge in [0.2, 0.25) is 0 Å². The summed E-state index contributed by atoms with van der Waals surface area (Å²) in [6.45, 7) is 3.76. The molecular formula is C11H14F2N2. The summed E-state index contributed by atoms with van der Waals surface area (Å²) in [5.41, 5.74) is 1.54. The predicted octanol–water partition coefficient (Wildman–Crippen LogP) is 2.81. The van der Waals surface area contributed by atoms with E-state index in [1.807, 2.05) is 19.9 Å². The van der Waals surface area contributed by atoms with Gasteiger partial charge in [-0.25, -0.2) is 13.8 Å². The van der Waals surface area contributed by atoms with Gasteiger partial charge in [-0.3, -0.25) is 0 Å². The number of pyridine rings is 1. The molecule has 0 aliphatic carbocycles. The van der Waals surface area contributed by atoms with Crippen molar-refractivity contribution in [3.8, 4) is 0 Å². The maximum Gasteiger partial charge on any atom is 0.269 e. The zero-order valence-electron chi connectivity index (χ0n) is 8.85. The standard InChI is InChI=1S/C11H14F2N2/c1-7(2)9-4-3-8-5-11(12,13)6-14-10(8)15-9/h3-4,7H,5-6H2,1-2H3,(H,14,15). The Kier molecular flexibility index (Phi) is 2.37. The summed E-state index contributed by atoms with van der Waals surface area (Å²) in [6, 6.07) is 3.57. The molecule has 1 aliphatic rings. The number of nitrogens with one attached hydrogen (secondary N) is 1. The van der Waals surface area contributed by atoms with Crippen LogP contribution in [0, 0.1) is 0 Å². The van der Waals surface area contributed by atoms with Gasteiger partial charge in [0.15, 0.2) is 0 Å². The van der Waals surface area contributed by atoms with Gasteiger partial charge in [-0.1, -0.05) is 19.9 Å². The maximum atomic E-state index is 13.1. The fourth-order valence-electron chi connectivity index (χ4n) is 1.67. The lowest BCUT2D eigenvalue weighted by atomic mass is 10.0. The number of anilines is 1. The van der Waals surface area contributed by atoms with E-state index < -0.39 is 5.92 Å². The van der Waals surface area contributed by atoms with Crippen molar-refractivity contribution in [1.29, 1.82) is 0 Å². The van der Waals surface area contributed by atoms with Gasteiger partial charge in [-0.15, -0.1) is 0 Å². The van der Waals surface area contributed by atoms with Gasteiger partial charge >= 0.3 is 0 Å². The van der Waals surface area contributed by atoms with Crippen LogP contribution in [0.1, 0.15) is 31.0 Å². The summed E-state index contributed by atoms with van der Waals surface area (Å²) < 4.78 is 26.1. The Morgan fingerprint density at radius 1 is 1.40 bits per heavy atom. The summed E-state index contributed by atoms with van der Waals surface area (Å²) in [6.07, 6.45) is -0.208. The molecule has 1 aliphatic heterocycles. The lowest BCUT2D eigenvalue weighted by molar-refractivity contribution is 0.0126. The molecule has 0 radical (unpaired) electrons. The number of halogens is 2. The summed E-state index contributed by atoms with van der Waals surface area (Å²) in [5.74, 6) is -1.71. The van der Waals surface area contributed by atoms with E-state index in [4.69, 9.17) is 0 Å². The monoisotopic (exact) mass is 212 g/mol. The molecule has 0 saturated carbocycles. The van der Waals surface area contributed by atoms with Crippen molar-refractivity contribution >= 4 is 5.82 Å². The predicted molar refractivity (Wildman–Crippen MR) is 55.5 cm³/mol. The van der Waals surface area contributed by atoms with Crippen molar-refractivity contribution in [2.75, 3.05) is 11.9 Å². The molecule has 1 N–H and O–H groups in total. The first-order valence-electron chi connectivity index (χ1n) is 5.09. The highest BCUT2D eigenvalue weighted by Crippen LogP contribution is 2.30. The average molecular weight is 212 g/mol. The van der Waals surface area contributed by atoms with Crippen LogP contribution in [0.25, 0.3) is 0 Å². The van der Waals surface area contributed by atoms with Gasteiger partial charge in [0.1, 0.15) is 5.82 Å². The van der Waals surface area contributed by atoms with Crippen LogP contribution in [-0.4, -0.2) is 17.5 Å². The average Bonchev–Trinajstić information content (AvgIpc) is 2.15. The fraction of sp³-hybridized carbons (Fsp3) is 0.545. The Balaban J connectivity index is 2.32. The quantitative estimate of drug-likeness (QED) is 0.774. The Morgan fingerprint density at radius 2 is 2.13 bits per heavy atom. The third-order valence-electron chi connectivity index (χ3n) is 2.56. The molecule has 0 aromatic carbocycles. The van der Waals surface area contributed by atoms with Crippen molar-refractivity contribution in [2.45, 2.75) is 32.1 Å². The molecule has 82 valence electrons. The largest absolute Gasteiger partial charge is 0.364 e. The van der Waals surface area contributed by atoms with Crippen molar-refractivity contribution in [3.63, 3.8) is 0 Å². The number of nitrogens with zero attached hydrogens (tertiary/aromatic N) is 1. The van der Waals surface area contributed by atoms with Crippen molar-refractivity contribution in [1.82, 2.24) is 4.98 Å². The molecule has 0 unspecified atom stereocenters. The van der Waals surface area contributed by atoms with E-state index in [0.717, 1.165) is 5.69 Å². The summed E-state index contributed by atoms with van der Waals surface area (Å²) in [4.78, 5) is 4.33. The molecule has 0 amide bonds. The zero-order valence-corrected chi connectivity index (χ0v) is 8.85. The van der Waals surface area contributed by atoms with Gasteiger partial charge in [0.05, 0.1) is 6.54 Å². The smallest absolute Gasteiger partial charge is 0.269 e. The van der Waals surface area contributed by atoms with Crippen LogP contribution in [0.2, 0.25) is 0 Å². The molecule has 4 heteroatoms. The molecule has 0 saturated heterocycles. The van der Waals surface area contributed by atoms with Crippen molar-refractivity contribution in [3.05, 3.63) is 23.4 Å². The molecule has 15 heavy (non-hydrogen) atoms. The molecular weight excluding hydrogens is 198 g/mol. The highest BCUT2D eigenvalue weighted by molar-refractivity contribution is 5.48. The number of hydrogen-bond acceptors (Lipinski definition) is 2. The van der Waals surface area contributed by atoms with E-state index >= 15 is 0 Å². The number of fused-ring (bicyclic) bond motifs is 1. The van der Waals surface area contributed by atoms with Gasteiger partial charge < -0.3 is 5.32 Å². The maximum absolute atomic E-state index is 13.1. The Labute approximate surface area is 87.7 Å². The molecule has 1 aromatic rings. The first-order valence-corrected chi connectivity index (χ1v) is 5.09. The van der Waals surface area contributed by atoms with E-state index in [-0.39, 0.29) is 13.0 Å². The number of aromatic nitrogens is 1. The zero-order chi connectivity index (χ0) is 11.1. The normalized spacial score (nSPS) is 18.5. The second kappa shape index (κ2) is 3.43. The van der Waals surface area contributed by atoms with E-state index in [9.17, 15) is 8.78 Å². The van der Waals surface area contributed by atoms with Gasteiger partial charge in [0.25, 0.3) is 5.92 Å². The summed E-state index contributed by atoms with van der Waals surface area (Å²) in [5, 5.41) is 2.69. The van der Waals surface area contributed by atoms with Crippen LogP contribution < -0.4 is 5.32 Å². The van der Waals surface area contributed by atoms with Crippen LogP contribution in [0.3, 0.4) is 0 Å². The first kappa shape index (κ1) is 10.3. The van der Waals surface area contributed by atoms with Crippen LogP contribution in [-0.2, 0) is 6.42 Å². The lowest BCUT2D eigenvalue weighted by Crippen LogP contribution is -2.34. The SMILES string of the molecule is CC(C)c1ccc2c(n1)NCC(F)(F)C2. The van der Waals surface area contributed by atoms with Gasteiger partial charge in [-0.05, 0) is 12.0 Å². The second-order valence-electron chi connectivity index (χ2n) is 4.28. The number of alkyl halides is 2. The van der Waals surface area contributed by atoms with Crippen molar-refractivity contribution in [2.24, 2.45) is 0 Å². The molecule has 0 fully saturated rings. The van der Waals surface area contributed by atoms with E-state index in [0.29, 0.717) is 17.3 Å². The minimum Gasteiger partial charge on any atom is -0.364 e. The van der Waals surface area contributed by atoms with E-state index in [1.165, 1.54) is 0 Å². The highest BCUT2D eigenvalue weighted by atomic mass is 19.3. The molecule has 2 heterocycles. The molecule has 2 nitrogen and oxygen atoms in total. The number of hydrogen-bond donors (Lipinski definition) is 1. The first-order chi connectivity index (χ1) is 6.98. The second-order valence-corrected chi connectivity index (χ2v) is 4.28. The lowest BCUT2D eigenvalue weighted by Gasteiger charge is -2.25. The van der Waals surface area contributed by atoms with E-state index in [1.54, 1.807) is 6.07 Å². The van der Waals surface area contributed by atoms with Gasteiger partial charge in [-0.2, -0.15) is 0 Å². The Morgan fingerprint density at radius 3 is 2.80 bits per heavy atom. The summed E-state index contributed by atoms with van der Waals surface area (Å²) >= 11 is 0. The van der Waals surface area contributed by atoms with Crippen LogP contribution in [0.4, 0.5) is 14.6 Å². The minimum atomic E-state index is -2.64. The summed E-state index contributed by atoms with van der Waals surface area (Å²) in [7, 11) is 0. The molecule has 0 atom stereocenters. The topological polar surface area (TPSA) is 24.9 Å². The highest BCUT2D eigenvalue weighted by Gasteiger charge is 2.34. The molecule has 2 rings (SSSR count). The molecule has 1 aromatic heterocycles.